The maximum Gasteiger partial charge on any atom is 0.309 e. The molecule has 0 saturated heterocycles. The minimum absolute atomic E-state index is 0.516. The van der Waals surface area contributed by atoms with Gasteiger partial charge in [-0.2, -0.15) is 0 Å². The monoisotopic (exact) mass is 310 g/mol. The van der Waals surface area contributed by atoms with E-state index in [4.69, 9.17) is 0 Å². The minimum atomic E-state index is -0.631. The van der Waals surface area contributed by atoms with Crippen molar-refractivity contribution in [3.63, 3.8) is 0 Å². The van der Waals surface area contributed by atoms with Crippen LogP contribution in [-0.4, -0.2) is 11.1 Å². The van der Waals surface area contributed by atoms with Gasteiger partial charge in [-0.25, -0.2) is 0 Å². The highest BCUT2D eigenvalue weighted by atomic mass is 79.9. The van der Waals surface area contributed by atoms with E-state index in [0.717, 1.165) is 35.7 Å². The van der Waals surface area contributed by atoms with Crippen LogP contribution in [-0.2, 0) is 11.2 Å². The minimum Gasteiger partial charge on any atom is -0.481 e. The Morgan fingerprint density at radius 2 is 2.33 bits per heavy atom. The zero-order chi connectivity index (χ0) is 13.2. The van der Waals surface area contributed by atoms with E-state index >= 15 is 0 Å². The molecule has 1 fully saturated rings. The number of carboxylic acids is 1. The molecule has 1 N–H and O–H groups in total. The van der Waals surface area contributed by atoms with Crippen molar-refractivity contribution in [2.75, 3.05) is 0 Å². The van der Waals surface area contributed by atoms with Crippen LogP contribution in [0.3, 0.4) is 0 Å². The van der Waals surface area contributed by atoms with Crippen LogP contribution < -0.4 is 0 Å². The van der Waals surface area contributed by atoms with Crippen molar-refractivity contribution in [3.8, 4) is 0 Å². The molecule has 0 spiro atoms. The summed E-state index contributed by atoms with van der Waals surface area (Å²) in [4.78, 5) is 11.7. The molecular formula is C15H19BrO2. The molecule has 0 aliphatic heterocycles. The maximum atomic E-state index is 11.7. The van der Waals surface area contributed by atoms with Crippen LogP contribution in [0.5, 0.6) is 0 Å². The summed E-state index contributed by atoms with van der Waals surface area (Å²) in [6.45, 7) is 2.16. The average molecular weight is 311 g/mol. The fourth-order valence-electron chi connectivity index (χ4n) is 3.13. The lowest BCUT2D eigenvalue weighted by molar-refractivity contribution is -0.152. The Morgan fingerprint density at radius 3 is 2.94 bits per heavy atom. The second-order valence-electron chi connectivity index (χ2n) is 5.59. The number of hydrogen-bond donors (Lipinski definition) is 1. The number of halogens is 1. The fourth-order valence-corrected chi connectivity index (χ4v) is 3.57. The van der Waals surface area contributed by atoms with Crippen LogP contribution in [0, 0.1) is 11.3 Å². The SMILES string of the molecule is CC1CCCC(Cc2cccc(Br)c2)(C(=O)O)C1. The predicted molar refractivity (Wildman–Crippen MR) is 75.5 cm³/mol. The van der Waals surface area contributed by atoms with Gasteiger partial charge in [0.05, 0.1) is 5.41 Å². The summed E-state index contributed by atoms with van der Waals surface area (Å²) in [6.07, 6.45) is 4.44. The van der Waals surface area contributed by atoms with Gasteiger partial charge in [0.15, 0.2) is 0 Å². The Labute approximate surface area is 117 Å². The van der Waals surface area contributed by atoms with Gasteiger partial charge in [0.2, 0.25) is 0 Å². The topological polar surface area (TPSA) is 37.3 Å². The molecule has 0 bridgehead atoms. The molecule has 2 nitrogen and oxygen atoms in total. The molecule has 18 heavy (non-hydrogen) atoms. The Morgan fingerprint density at radius 1 is 1.56 bits per heavy atom. The summed E-state index contributed by atoms with van der Waals surface area (Å²) in [5.41, 5.74) is 0.555. The number of hydrogen-bond acceptors (Lipinski definition) is 1. The van der Waals surface area contributed by atoms with Crippen LogP contribution in [0.15, 0.2) is 28.7 Å². The van der Waals surface area contributed by atoms with Crippen LogP contribution in [0.1, 0.15) is 38.2 Å². The molecule has 2 atom stereocenters. The van der Waals surface area contributed by atoms with E-state index < -0.39 is 11.4 Å². The van der Waals surface area contributed by atoms with Crippen molar-refractivity contribution in [1.82, 2.24) is 0 Å². The molecule has 2 rings (SSSR count). The van der Waals surface area contributed by atoms with E-state index in [9.17, 15) is 9.90 Å². The van der Waals surface area contributed by atoms with Gasteiger partial charge in [0.25, 0.3) is 0 Å². The number of carboxylic acid groups (broad SMARTS) is 1. The molecule has 1 aliphatic rings. The van der Waals surface area contributed by atoms with E-state index in [1.54, 1.807) is 0 Å². The molecule has 1 aliphatic carbocycles. The van der Waals surface area contributed by atoms with Crippen LogP contribution in [0.2, 0.25) is 0 Å². The predicted octanol–water partition coefficient (Wildman–Crippen LogP) is 4.27. The smallest absolute Gasteiger partial charge is 0.309 e. The Hall–Kier alpha value is -0.830. The van der Waals surface area contributed by atoms with Gasteiger partial charge in [-0.05, 0) is 42.9 Å². The highest BCUT2D eigenvalue weighted by molar-refractivity contribution is 9.10. The van der Waals surface area contributed by atoms with Crippen molar-refractivity contribution in [2.24, 2.45) is 11.3 Å². The molecule has 2 unspecified atom stereocenters. The Balaban J connectivity index is 2.23. The van der Waals surface area contributed by atoms with Crippen molar-refractivity contribution >= 4 is 21.9 Å². The summed E-state index contributed by atoms with van der Waals surface area (Å²) in [5.74, 6) is -0.115. The molecule has 1 aromatic carbocycles. The van der Waals surface area contributed by atoms with Crippen molar-refractivity contribution < 1.29 is 9.90 Å². The molecule has 0 aromatic heterocycles. The number of carbonyl (C=O) groups is 1. The van der Waals surface area contributed by atoms with Gasteiger partial charge in [-0.15, -0.1) is 0 Å². The third-order valence-corrected chi connectivity index (χ3v) is 4.47. The second-order valence-corrected chi connectivity index (χ2v) is 6.51. The van der Waals surface area contributed by atoms with Crippen molar-refractivity contribution in [1.29, 1.82) is 0 Å². The first-order valence-electron chi connectivity index (χ1n) is 6.50. The van der Waals surface area contributed by atoms with E-state index in [0.29, 0.717) is 12.3 Å². The summed E-state index contributed by atoms with van der Waals surface area (Å²) in [5, 5.41) is 9.63. The molecule has 3 heteroatoms. The van der Waals surface area contributed by atoms with Gasteiger partial charge in [0.1, 0.15) is 0 Å². The lowest BCUT2D eigenvalue weighted by Gasteiger charge is -2.36. The van der Waals surface area contributed by atoms with Gasteiger partial charge >= 0.3 is 5.97 Å². The van der Waals surface area contributed by atoms with Crippen LogP contribution >= 0.6 is 15.9 Å². The average Bonchev–Trinajstić information content (AvgIpc) is 2.28. The third kappa shape index (κ3) is 2.94. The Bertz CT molecular complexity index is 444. The molecule has 1 saturated carbocycles. The summed E-state index contributed by atoms with van der Waals surface area (Å²) >= 11 is 3.45. The molecule has 1 aromatic rings. The van der Waals surface area contributed by atoms with Gasteiger partial charge in [-0.1, -0.05) is 47.8 Å². The number of benzene rings is 1. The largest absolute Gasteiger partial charge is 0.481 e. The standard InChI is InChI=1S/C15H19BrO2/c1-11-4-3-7-15(9-11,14(17)18)10-12-5-2-6-13(16)8-12/h2,5-6,8,11H,3-4,7,9-10H2,1H3,(H,17,18). The zero-order valence-corrected chi connectivity index (χ0v) is 12.2. The highest BCUT2D eigenvalue weighted by Crippen LogP contribution is 2.42. The molecule has 0 radical (unpaired) electrons. The summed E-state index contributed by atoms with van der Waals surface area (Å²) in [6, 6.07) is 8.00. The fraction of sp³-hybridized carbons (Fsp3) is 0.533. The lowest BCUT2D eigenvalue weighted by Crippen LogP contribution is -2.37. The van der Waals surface area contributed by atoms with Crippen molar-refractivity contribution in [3.05, 3.63) is 34.3 Å². The summed E-state index contributed by atoms with van der Waals surface area (Å²) < 4.78 is 1.02. The van der Waals surface area contributed by atoms with Gasteiger partial charge in [-0.3, -0.25) is 4.79 Å². The third-order valence-electron chi connectivity index (χ3n) is 3.98. The lowest BCUT2D eigenvalue weighted by atomic mass is 9.67. The quantitative estimate of drug-likeness (QED) is 0.905. The maximum absolute atomic E-state index is 11.7. The highest BCUT2D eigenvalue weighted by Gasteiger charge is 2.41. The van der Waals surface area contributed by atoms with Crippen LogP contribution in [0.4, 0.5) is 0 Å². The normalized spacial score (nSPS) is 28.0. The summed E-state index contributed by atoms with van der Waals surface area (Å²) in [7, 11) is 0. The van der Waals surface area contributed by atoms with Crippen LogP contribution in [0.25, 0.3) is 0 Å². The molecule has 0 heterocycles. The van der Waals surface area contributed by atoms with E-state index in [-0.39, 0.29) is 0 Å². The van der Waals surface area contributed by atoms with Gasteiger partial charge in [0, 0.05) is 4.47 Å². The van der Waals surface area contributed by atoms with E-state index in [1.165, 1.54) is 0 Å². The molecule has 98 valence electrons. The first-order chi connectivity index (χ1) is 8.52. The zero-order valence-electron chi connectivity index (χ0n) is 10.7. The molecular weight excluding hydrogens is 292 g/mol. The van der Waals surface area contributed by atoms with Gasteiger partial charge < -0.3 is 5.11 Å². The van der Waals surface area contributed by atoms with E-state index in [2.05, 4.69) is 22.9 Å². The van der Waals surface area contributed by atoms with Crippen molar-refractivity contribution in [2.45, 2.75) is 39.0 Å². The second kappa shape index (κ2) is 5.43. The molecule has 0 amide bonds. The number of rotatable bonds is 3. The first-order valence-corrected chi connectivity index (χ1v) is 7.29. The number of aliphatic carboxylic acids is 1. The first kappa shape index (κ1) is 13.6. The van der Waals surface area contributed by atoms with E-state index in [1.807, 2.05) is 24.3 Å². The Kier molecular flexibility index (Phi) is 4.10.